The van der Waals surface area contributed by atoms with Gasteiger partial charge in [-0.25, -0.2) is 4.79 Å². The molecule has 4 atom stereocenters. The van der Waals surface area contributed by atoms with Crippen LogP contribution in [0.5, 0.6) is 5.75 Å². The lowest BCUT2D eigenvalue weighted by molar-refractivity contribution is -0.139. The van der Waals surface area contributed by atoms with Crippen molar-refractivity contribution in [2.45, 2.75) is 212 Å². The third kappa shape index (κ3) is 48.1. The number of unbranched alkanes of at least 4 members (excludes halogenated alkanes) is 14. The quantitative estimate of drug-likeness (QED) is 0.0134. The van der Waals surface area contributed by atoms with Gasteiger partial charge >= 0.3 is 5.97 Å². The number of ketones is 4. The normalized spacial score (nSPS) is 12.8. The first-order chi connectivity index (χ1) is 42.9. The largest absolute Gasteiger partial charge is 0.508 e. The van der Waals surface area contributed by atoms with Gasteiger partial charge in [0.05, 0.1) is 57.2 Å². The van der Waals surface area contributed by atoms with E-state index in [0.717, 1.165) is 51.4 Å². The minimum Gasteiger partial charge on any atom is -0.508 e. The summed E-state index contributed by atoms with van der Waals surface area (Å²) in [6, 6.07) is 4.59. The second-order valence-corrected chi connectivity index (χ2v) is 25.4. The van der Waals surface area contributed by atoms with Gasteiger partial charge < -0.3 is 61.9 Å². The van der Waals surface area contributed by atoms with Crippen LogP contribution in [-0.4, -0.2) is 166 Å². The van der Waals surface area contributed by atoms with Crippen LogP contribution < -0.4 is 32.7 Å². The number of phenols is 1. The maximum Gasteiger partial charge on any atom is 0.326 e. The Morgan fingerprint density at radius 1 is 0.567 bits per heavy atom. The van der Waals surface area contributed by atoms with Crippen LogP contribution in [0.25, 0.3) is 0 Å². The lowest BCUT2D eigenvalue weighted by Gasteiger charge is -2.23. The number of hydrogen-bond acceptors (Lipinski definition) is 18. The molecule has 0 aliphatic heterocycles. The Hall–Kier alpha value is -5.70. The number of amidine groups is 1. The number of carboxylic acid groups (broad SMARTS) is 1. The van der Waals surface area contributed by atoms with E-state index in [4.69, 9.17) is 40.4 Å². The van der Waals surface area contributed by atoms with Crippen LogP contribution in [-0.2, 0) is 73.8 Å². The summed E-state index contributed by atoms with van der Waals surface area (Å²) in [5, 5.41) is 38.6. The molecule has 0 heterocycles. The van der Waals surface area contributed by atoms with Gasteiger partial charge in [-0.2, -0.15) is 8.42 Å². The fraction of sp³-hybridized carbons (Fsp3) is 0.738. The van der Waals surface area contributed by atoms with Crippen LogP contribution in [0.15, 0.2) is 36.5 Å². The van der Waals surface area contributed by atoms with E-state index >= 15 is 0 Å². The number of amides is 3. The molecule has 1 aromatic rings. The molecule has 0 radical (unpaired) electrons. The zero-order chi connectivity index (χ0) is 66.8. The number of aromatic hydroxyl groups is 1. The Balaban J connectivity index is 2.25. The molecule has 24 nitrogen and oxygen atoms in total. The lowest BCUT2D eigenvalue weighted by Crippen LogP contribution is -2.41. The van der Waals surface area contributed by atoms with E-state index in [1.807, 2.05) is 13.8 Å². The van der Waals surface area contributed by atoms with Gasteiger partial charge in [-0.05, 0) is 94.2 Å². The topological polar surface area (TPSA) is 392 Å². The van der Waals surface area contributed by atoms with E-state index < -0.39 is 45.9 Å². The summed E-state index contributed by atoms with van der Waals surface area (Å²) in [4.78, 5) is 102. The minimum absolute atomic E-state index is 0.0145. The van der Waals surface area contributed by atoms with Crippen molar-refractivity contribution >= 4 is 62.8 Å². The number of carbonyl (C=O) groups excluding carboxylic acids is 7. The third-order valence-corrected chi connectivity index (χ3v) is 15.8. The second-order valence-electron chi connectivity index (χ2n) is 23.8. The summed E-state index contributed by atoms with van der Waals surface area (Å²) in [6.07, 6.45) is 18.2. The summed E-state index contributed by atoms with van der Waals surface area (Å²) < 4.78 is 52.1. The summed E-state index contributed by atoms with van der Waals surface area (Å²) in [7, 11) is -3.85. The number of rotatable bonds is 63. The number of phenolic OH excluding ortho intramolecular Hbond substituents is 1. The molecule has 1 rings (SSSR count). The number of hydrogen-bond donors (Lipinski definition) is 10. The predicted molar refractivity (Wildman–Crippen MR) is 345 cm³/mol. The number of Topliss-reactive ketones (excluding diaryl/α,β-unsaturated/α-hetero) is 4. The van der Waals surface area contributed by atoms with Crippen molar-refractivity contribution in [3.05, 3.63) is 42.1 Å². The highest BCUT2D eigenvalue weighted by atomic mass is 32.2. The van der Waals surface area contributed by atoms with Gasteiger partial charge in [0.1, 0.15) is 42.4 Å². The maximum absolute atomic E-state index is 14.0. The summed E-state index contributed by atoms with van der Waals surface area (Å²) >= 11 is 0. The highest BCUT2D eigenvalue weighted by molar-refractivity contribution is 7.85. The van der Waals surface area contributed by atoms with Gasteiger partial charge in [0.15, 0.2) is 5.78 Å². The SMILES string of the molecule is C=C(CCCCCCCCCCCCCCCS(=O)(=O)O)N[C@@H](CCC(=O)NCCOCCOCC(=O)CCCOCCOCC(=O)NCCCC[C@H](NCC(=O)CC(C)C)C(=O)C[C@@H](CCCCC(=N)N)C(=O)C[C@@H](Cc1ccc(O)cc1)C(N)=O)C(=O)O. The van der Waals surface area contributed by atoms with Crippen LogP contribution >= 0.6 is 0 Å². The van der Waals surface area contributed by atoms with Crippen LogP contribution in [0, 0.1) is 23.2 Å². The van der Waals surface area contributed by atoms with Crippen molar-refractivity contribution in [2.24, 2.45) is 29.2 Å². The van der Waals surface area contributed by atoms with Gasteiger partial charge in [-0.1, -0.05) is 110 Å². The van der Waals surface area contributed by atoms with E-state index in [9.17, 15) is 57.0 Å². The number of nitrogens with one attached hydrogen (secondary N) is 5. The van der Waals surface area contributed by atoms with Crippen molar-refractivity contribution < 1.29 is 80.5 Å². The molecule has 0 aliphatic rings. The Kier molecular flexibility index (Phi) is 47.4. The fourth-order valence-corrected chi connectivity index (χ4v) is 10.5. The number of primary amides is 1. The minimum atomic E-state index is -3.85. The zero-order valence-electron chi connectivity index (χ0n) is 54.0. The molecule has 12 N–H and O–H groups in total. The van der Waals surface area contributed by atoms with Gasteiger partial charge in [-0.15, -0.1) is 0 Å². The maximum atomic E-state index is 14.0. The van der Waals surface area contributed by atoms with Crippen molar-refractivity contribution in [3.63, 3.8) is 0 Å². The highest BCUT2D eigenvalue weighted by Crippen LogP contribution is 2.24. The van der Waals surface area contributed by atoms with Gasteiger partial charge in [-0.3, -0.25) is 43.5 Å². The van der Waals surface area contributed by atoms with Crippen LogP contribution in [0.4, 0.5) is 0 Å². The Morgan fingerprint density at radius 2 is 1.12 bits per heavy atom. The zero-order valence-corrected chi connectivity index (χ0v) is 54.8. The monoisotopic (exact) mass is 1290 g/mol. The Morgan fingerprint density at radius 3 is 1.72 bits per heavy atom. The number of carboxylic acids is 1. The number of carbonyl (C=O) groups is 8. The predicted octanol–water partition coefficient (Wildman–Crippen LogP) is 7.14. The van der Waals surface area contributed by atoms with Crippen molar-refractivity contribution in [1.29, 1.82) is 5.41 Å². The number of nitrogens with two attached hydrogens (primary N) is 2. The molecular formula is C65H111N7O17S. The summed E-state index contributed by atoms with van der Waals surface area (Å²) in [5.41, 5.74) is 12.6. The molecule has 0 saturated heterocycles. The second kappa shape index (κ2) is 51.9. The molecule has 0 spiro atoms. The molecule has 1 aromatic carbocycles. The average Bonchev–Trinajstić information content (AvgIpc) is 3.64. The molecule has 25 heteroatoms. The first-order valence-electron chi connectivity index (χ1n) is 32.6. The smallest absolute Gasteiger partial charge is 0.326 e. The number of allylic oxidation sites excluding steroid dienone is 1. The van der Waals surface area contributed by atoms with Crippen molar-refractivity contribution in [3.8, 4) is 5.75 Å². The van der Waals surface area contributed by atoms with E-state index in [2.05, 4.69) is 27.8 Å². The molecule has 514 valence electrons. The lowest BCUT2D eigenvalue weighted by atomic mass is 9.83. The number of ether oxygens (including phenoxy) is 4. The van der Waals surface area contributed by atoms with E-state index in [1.54, 1.807) is 12.1 Å². The van der Waals surface area contributed by atoms with Crippen LogP contribution in [0.2, 0.25) is 0 Å². The summed E-state index contributed by atoms with van der Waals surface area (Å²) in [6.45, 7) is 9.36. The van der Waals surface area contributed by atoms with Crippen LogP contribution in [0.1, 0.15) is 199 Å². The van der Waals surface area contributed by atoms with E-state index in [0.29, 0.717) is 95.0 Å². The molecule has 0 unspecified atom stereocenters. The standard InChI is InChI=1S/C65H111N7O17S/c1-49(2)42-56(75)46-71-57(60(77)44-52(23-16-17-26-61(66)67)59(76)45-53(64(68)80)43-51-27-29-54(73)30-28-51)25-18-19-33-69-63(79)48-89-40-37-86-35-21-24-55(74)47-88-39-38-87-36-34-70-62(78)32-31-58(65(81)82)72-50(3)22-15-13-11-9-7-5-4-6-8-10-12-14-20-41-90(83,84)85/h27-30,49,52-53,57-58,71-73H,3-26,31-48H2,1-2H3,(H3,66,67)(H2,68,80)(H,69,79)(H,70,78)(H,81,82)(H,83,84,85)/t52-,53-,57+,58+/m1/s1. The van der Waals surface area contributed by atoms with Crippen molar-refractivity contribution in [2.75, 3.05) is 78.2 Å². The Labute approximate surface area is 535 Å². The fourth-order valence-electron chi connectivity index (χ4n) is 9.97. The molecule has 0 aliphatic carbocycles. The van der Waals surface area contributed by atoms with Gasteiger partial charge in [0.25, 0.3) is 10.1 Å². The first kappa shape index (κ1) is 82.3. The van der Waals surface area contributed by atoms with Crippen molar-refractivity contribution in [1.82, 2.24) is 21.3 Å². The molecule has 0 fully saturated rings. The van der Waals surface area contributed by atoms with E-state index in [-0.39, 0.29) is 156 Å². The number of benzene rings is 1. The molecule has 0 aromatic heterocycles. The van der Waals surface area contributed by atoms with Gasteiger partial charge in [0.2, 0.25) is 17.7 Å². The van der Waals surface area contributed by atoms with Gasteiger partial charge in [0, 0.05) is 75.8 Å². The highest BCUT2D eigenvalue weighted by Gasteiger charge is 2.30. The summed E-state index contributed by atoms with van der Waals surface area (Å²) in [5.74, 6) is -4.57. The molecular weight excluding hydrogens is 1180 g/mol. The number of aliphatic carboxylic acids is 1. The average molecular weight is 1290 g/mol. The molecule has 90 heavy (non-hydrogen) atoms. The molecule has 0 saturated carbocycles. The van der Waals surface area contributed by atoms with E-state index in [1.165, 1.54) is 37.8 Å². The molecule has 0 bridgehead atoms. The molecule has 3 amide bonds. The first-order valence-corrected chi connectivity index (χ1v) is 34.2. The Bertz CT molecular complexity index is 2360. The third-order valence-electron chi connectivity index (χ3n) is 15.0. The van der Waals surface area contributed by atoms with Crippen LogP contribution in [0.3, 0.4) is 0 Å².